The smallest absolute Gasteiger partial charge is 0.223 e. The summed E-state index contributed by atoms with van der Waals surface area (Å²) in [5, 5.41) is 12.2. The topological polar surface area (TPSA) is 93.4 Å². The first-order chi connectivity index (χ1) is 10.2. The summed E-state index contributed by atoms with van der Waals surface area (Å²) in [6.45, 7) is 3.79. The molecule has 7 nitrogen and oxygen atoms in total. The summed E-state index contributed by atoms with van der Waals surface area (Å²) in [7, 11) is 0. The Bertz CT molecular complexity index is 657. The van der Waals surface area contributed by atoms with Crippen LogP contribution in [0.1, 0.15) is 33.2 Å². The molecule has 8 heteroatoms. The zero-order valence-electron chi connectivity index (χ0n) is 12.0. The summed E-state index contributed by atoms with van der Waals surface area (Å²) < 4.78 is 4.93. The van der Waals surface area contributed by atoms with E-state index in [-0.39, 0.29) is 0 Å². The number of nitrogens with one attached hydrogen (secondary N) is 1. The Labute approximate surface area is 125 Å². The molecule has 3 heterocycles. The molecule has 0 aliphatic carbocycles. The van der Waals surface area contributed by atoms with Crippen LogP contribution in [0.5, 0.6) is 0 Å². The molecule has 0 spiro atoms. The first kappa shape index (κ1) is 13.9. The number of aromatic nitrogens is 6. The van der Waals surface area contributed by atoms with Crippen molar-refractivity contribution in [3.63, 3.8) is 0 Å². The Hall–Kier alpha value is -2.09. The predicted octanol–water partition coefficient (Wildman–Crippen LogP) is 1.83. The Morgan fingerprint density at radius 1 is 1.10 bits per heavy atom. The van der Waals surface area contributed by atoms with Crippen LogP contribution in [0.15, 0.2) is 10.7 Å². The summed E-state index contributed by atoms with van der Waals surface area (Å²) >= 11 is 1.72. The van der Waals surface area contributed by atoms with Crippen LogP contribution >= 0.6 is 11.3 Å². The van der Waals surface area contributed by atoms with E-state index in [4.69, 9.17) is 4.52 Å². The van der Waals surface area contributed by atoms with Gasteiger partial charge in [0.2, 0.25) is 5.89 Å². The van der Waals surface area contributed by atoms with Gasteiger partial charge in [-0.25, -0.2) is 9.97 Å². The summed E-state index contributed by atoms with van der Waals surface area (Å²) in [6.07, 6.45) is 5.09. The van der Waals surface area contributed by atoms with Crippen molar-refractivity contribution in [1.29, 1.82) is 0 Å². The number of nitrogens with zero attached hydrogens (tertiary/aromatic N) is 5. The van der Waals surface area contributed by atoms with E-state index < -0.39 is 0 Å². The van der Waals surface area contributed by atoms with E-state index in [0.29, 0.717) is 24.6 Å². The fourth-order valence-electron chi connectivity index (χ4n) is 1.99. The molecule has 0 aliphatic heterocycles. The second kappa shape index (κ2) is 6.13. The molecule has 0 fully saturated rings. The fraction of sp³-hybridized carbons (Fsp3) is 0.462. The normalized spacial score (nSPS) is 11.1. The van der Waals surface area contributed by atoms with Gasteiger partial charge in [-0.2, -0.15) is 10.1 Å². The zero-order chi connectivity index (χ0) is 14.7. The molecule has 3 aromatic heterocycles. The van der Waals surface area contributed by atoms with Crippen LogP contribution in [0, 0.1) is 13.8 Å². The lowest BCUT2D eigenvalue weighted by Crippen LogP contribution is -1.96. The van der Waals surface area contributed by atoms with Crippen LogP contribution in [-0.4, -0.2) is 30.3 Å². The SMILES string of the molecule is Cc1nc(CCc2n[nH]c(CCc3cnc(C)s3)n2)no1. The van der Waals surface area contributed by atoms with Crippen LogP contribution in [0.4, 0.5) is 0 Å². The average Bonchev–Trinajstić information content (AvgIpc) is 3.16. The van der Waals surface area contributed by atoms with Crippen molar-refractivity contribution in [2.45, 2.75) is 39.5 Å². The summed E-state index contributed by atoms with van der Waals surface area (Å²) in [4.78, 5) is 14.2. The van der Waals surface area contributed by atoms with Gasteiger partial charge in [0.1, 0.15) is 5.82 Å². The highest BCUT2D eigenvalue weighted by atomic mass is 32.1. The second-order valence-corrected chi connectivity index (χ2v) is 6.09. The number of aryl methyl sites for hydroxylation is 6. The van der Waals surface area contributed by atoms with Crippen LogP contribution in [0.25, 0.3) is 0 Å². The van der Waals surface area contributed by atoms with Crippen molar-refractivity contribution >= 4 is 11.3 Å². The maximum atomic E-state index is 4.93. The summed E-state index contributed by atoms with van der Waals surface area (Å²) in [5.74, 6) is 2.97. The van der Waals surface area contributed by atoms with Gasteiger partial charge in [0.25, 0.3) is 0 Å². The maximum Gasteiger partial charge on any atom is 0.223 e. The summed E-state index contributed by atoms with van der Waals surface area (Å²) in [6, 6.07) is 0. The van der Waals surface area contributed by atoms with Gasteiger partial charge in [-0.3, -0.25) is 5.10 Å². The molecular formula is C13H16N6OS. The third-order valence-corrected chi connectivity index (χ3v) is 3.97. The van der Waals surface area contributed by atoms with Crippen LogP contribution in [-0.2, 0) is 25.7 Å². The fourth-order valence-corrected chi connectivity index (χ4v) is 2.78. The molecule has 0 saturated heterocycles. The van der Waals surface area contributed by atoms with Gasteiger partial charge in [0.05, 0.1) is 5.01 Å². The number of H-pyrrole nitrogens is 1. The van der Waals surface area contributed by atoms with Crippen molar-refractivity contribution in [2.75, 3.05) is 0 Å². The number of aromatic amines is 1. The van der Waals surface area contributed by atoms with Crippen molar-refractivity contribution in [1.82, 2.24) is 30.3 Å². The van der Waals surface area contributed by atoms with E-state index in [1.54, 1.807) is 18.3 Å². The molecular weight excluding hydrogens is 288 g/mol. The number of hydrogen-bond acceptors (Lipinski definition) is 7. The number of thiazole rings is 1. The zero-order valence-corrected chi connectivity index (χ0v) is 12.8. The number of rotatable bonds is 6. The Morgan fingerprint density at radius 2 is 1.95 bits per heavy atom. The minimum Gasteiger partial charge on any atom is -0.340 e. The quantitative estimate of drug-likeness (QED) is 0.746. The third kappa shape index (κ3) is 3.72. The molecule has 3 aromatic rings. The van der Waals surface area contributed by atoms with Crippen LogP contribution < -0.4 is 0 Å². The first-order valence-corrected chi connectivity index (χ1v) is 7.61. The first-order valence-electron chi connectivity index (χ1n) is 6.79. The van der Waals surface area contributed by atoms with Crippen molar-refractivity contribution < 1.29 is 4.52 Å². The molecule has 0 aliphatic rings. The van der Waals surface area contributed by atoms with E-state index >= 15 is 0 Å². The van der Waals surface area contributed by atoms with Gasteiger partial charge < -0.3 is 4.52 Å². The van der Waals surface area contributed by atoms with E-state index in [1.807, 2.05) is 13.1 Å². The van der Waals surface area contributed by atoms with Crippen LogP contribution in [0.3, 0.4) is 0 Å². The molecule has 0 atom stereocenters. The van der Waals surface area contributed by atoms with E-state index in [1.165, 1.54) is 4.88 Å². The van der Waals surface area contributed by atoms with Crippen molar-refractivity contribution in [2.24, 2.45) is 0 Å². The number of hydrogen-bond donors (Lipinski definition) is 1. The lowest BCUT2D eigenvalue weighted by Gasteiger charge is -1.92. The molecule has 0 bridgehead atoms. The monoisotopic (exact) mass is 304 g/mol. The predicted molar refractivity (Wildman–Crippen MR) is 77.1 cm³/mol. The van der Waals surface area contributed by atoms with Crippen molar-refractivity contribution in [3.05, 3.63) is 39.4 Å². The highest BCUT2D eigenvalue weighted by molar-refractivity contribution is 7.11. The lowest BCUT2D eigenvalue weighted by molar-refractivity contribution is 0.387. The Morgan fingerprint density at radius 3 is 2.67 bits per heavy atom. The van der Waals surface area contributed by atoms with E-state index in [9.17, 15) is 0 Å². The Kier molecular flexibility index (Phi) is 4.05. The van der Waals surface area contributed by atoms with Gasteiger partial charge in [0.15, 0.2) is 11.6 Å². The van der Waals surface area contributed by atoms with E-state index in [0.717, 1.165) is 29.5 Å². The lowest BCUT2D eigenvalue weighted by atomic mass is 10.2. The van der Waals surface area contributed by atoms with E-state index in [2.05, 4.69) is 30.3 Å². The molecule has 1 N–H and O–H groups in total. The molecule has 0 unspecified atom stereocenters. The van der Waals surface area contributed by atoms with Gasteiger partial charge in [-0.05, 0) is 13.3 Å². The minimum absolute atomic E-state index is 0.584. The minimum atomic E-state index is 0.584. The van der Waals surface area contributed by atoms with Gasteiger partial charge in [-0.1, -0.05) is 5.16 Å². The summed E-state index contributed by atoms with van der Waals surface area (Å²) in [5.41, 5.74) is 0. The molecule has 3 rings (SSSR count). The second-order valence-electron chi connectivity index (χ2n) is 4.77. The average molecular weight is 304 g/mol. The van der Waals surface area contributed by atoms with Crippen LogP contribution in [0.2, 0.25) is 0 Å². The highest BCUT2D eigenvalue weighted by Crippen LogP contribution is 2.13. The molecule has 0 radical (unpaired) electrons. The highest BCUT2D eigenvalue weighted by Gasteiger charge is 2.08. The Balaban J connectivity index is 1.51. The largest absolute Gasteiger partial charge is 0.340 e. The third-order valence-electron chi connectivity index (χ3n) is 3.00. The van der Waals surface area contributed by atoms with Gasteiger partial charge >= 0.3 is 0 Å². The molecule has 21 heavy (non-hydrogen) atoms. The van der Waals surface area contributed by atoms with Gasteiger partial charge in [0, 0.05) is 37.3 Å². The molecule has 0 aromatic carbocycles. The standard InChI is InChI=1S/C13H16N6OS/c1-8-15-13(19-20-8)6-5-12-16-11(17-18-12)4-3-10-7-14-9(2)21-10/h7H,3-6H2,1-2H3,(H,16,17,18). The molecule has 0 amide bonds. The molecule has 110 valence electrons. The van der Waals surface area contributed by atoms with Gasteiger partial charge in [-0.15, -0.1) is 11.3 Å². The van der Waals surface area contributed by atoms with Crippen molar-refractivity contribution in [3.8, 4) is 0 Å². The molecule has 0 saturated carbocycles. The maximum absolute atomic E-state index is 4.93.